The topological polar surface area (TPSA) is 12.0 Å². The zero-order valence-electron chi connectivity index (χ0n) is 9.97. The third-order valence-electron chi connectivity index (χ3n) is 3.07. The second kappa shape index (κ2) is 5.55. The van der Waals surface area contributed by atoms with Gasteiger partial charge in [0.05, 0.1) is 0 Å². The second-order valence-corrected chi connectivity index (χ2v) is 5.19. The van der Waals surface area contributed by atoms with Crippen molar-refractivity contribution in [2.45, 2.75) is 40.2 Å². The molecule has 1 aromatic carbocycles. The summed E-state index contributed by atoms with van der Waals surface area (Å²) in [7, 11) is 0. The first kappa shape index (κ1) is 12.6. The smallest absolute Gasteiger partial charge is 0.0372 e. The number of anilines is 1. The zero-order valence-corrected chi connectivity index (χ0v) is 11.6. The van der Waals surface area contributed by atoms with Crippen LogP contribution < -0.4 is 5.32 Å². The van der Waals surface area contributed by atoms with Crippen molar-refractivity contribution in [3.63, 3.8) is 0 Å². The van der Waals surface area contributed by atoms with Gasteiger partial charge in [-0.1, -0.05) is 36.2 Å². The highest BCUT2D eigenvalue weighted by Gasteiger charge is 2.10. The van der Waals surface area contributed by atoms with Gasteiger partial charge in [0.25, 0.3) is 0 Å². The van der Waals surface area contributed by atoms with Crippen LogP contribution in [0.3, 0.4) is 0 Å². The first-order valence-corrected chi connectivity index (χ1v) is 6.36. The number of benzene rings is 1. The zero-order chi connectivity index (χ0) is 11.4. The molecule has 0 aliphatic heterocycles. The Morgan fingerprint density at radius 3 is 2.53 bits per heavy atom. The van der Waals surface area contributed by atoms with Crippen molar-refractivity contribution in [2.75, 3.05) is 5.32 Å². The van der Waals surface area contributed by atoms with Gasteiger partial charge in [-0.3, -0.25) is 0 Å². The molecular weight excluding hydrogens is 250 g/mol. The first-order chi connectivity index (χ1) is 7.04. The fraction of sp³-hybridized carbons (Fsp3) is 0.538. The average molecular weight is 270 g/mol. The molecule has 1 aromatic rings. The third kappa shape index (κ3) is 3.53. The molecular formula is C13H20BrN. The summed E-state index contributed by atoms with van der Waals surface area (Å²) in [6.07, 6.45) is 1.21. The number of halogens is 1. The molecule has 0 bridgehead atoms. The number of rotatable bonds is 4. The van der Waals surface area contributed by atoms with Gasteiger partial charge in [-0.2, -0.15) is 0 Å². The second-order valence-electron chi connectivity index (χ2n) is 4.28. The summed E-state index contributed by atoms with van der Waals surface area (Å²) in [5.74, 6) is 0.702. The molecule has 0 heterocycles. The van der Waals surface area contributed by atoms with Crippen molar-refractivity contribution in [2.24, 2.45) is 5.92 Å². The van der Waals surface area contributed by atoms with E-state index >= 15 is 0 Å². The van der Waals surface area contributed by atoms with Crippen LogP contribution in [-0.4, -0.2) is 6.04 Å². The molecule has 0 spiro atoms. The molecule has 1 nitrogen and oxygen atoms in total. The van der Waals surface area contributed by atoms with Crippen molar-refractivity contribution in [3.05, 3.63) is 28.2 Å². The van der Waals surface area contributed by atoms with E-state index in [1.54, 1.807) is 0 Å². The van der Waals surface area contributed by atoms with E-state index in [0.29, 0.717) is 12.0 Å². The molecule has 0 amide bonds. The van der Waals surface area contributed by atoms with E-state index in [9.17, 15) is 0 Å². The molecule has 0 saturated heterocycles. The fourth-order valence-electron chi connectivity index (χ4n) is 1.53. The molecule has 0 fully saturated rings. The number of hydrogen-bond donors (Lipinski definition) is 1. The van der Waals surface area contributed by atoms with E-state index in [4.69, 9.17) is 0 Å². The van der Waals surface area contributed by atoms with Gasteiger partial charge in [0.15, 0.2) is 0 Å². The molecule has 15 heavy (non-hydrogen) atoms. The van der Waals surface area contributed by atoms with Crippen molar-refractivity contribution in [1.29, 1.82) is 0 Å². The Morgan fingerprint density at radius 2 is 2.00 bits per heavy atom. The lowest BCUT2D eigenvalue weighted by Gasteiger charge is -2.22. The quantitative estimate of drug-likeness (QED) is 0.842. The first-order valence-electron chi connectivity index (χ1n) is 5.57. The largest absolute Gasteiger partial charge is 0.382 e. The minimum absolute atomic E-state index is 0.523. The molecule has 84 valence electrons. The van der Waals surface area contributed by atoms with Gasteiger partial charge in [-0.05, 0) is 43.5 Å². The monoisotopic (exact) mass is 269 g/mol. The highest BCUT2D eigenvalue weighted by molar-refractivity contribution is 9.10. The average Bonchev–Trinajstić information content (AvgIpc) is 2.20. The molecule has 2 unspecified atom stereocenters. The van der Waals surface area contributed by atoms with Gasteiger partial charge in [-0.15, -0.1) is 0 Å². The Morgan fingerprint density at radius 1 is 1.33 bits per heavy atom. The Bertz CT molecular complexity index is 322. The van der Waals surface area contributed by atoms with Gasteiger partial charge >= 0.3 is 0 Å². The lowest BCUT2D eigenvalue weighted by Crippen LogP contribution is -2.23. The van der Waals surface area contributed by atoms with Crippen molar-refractivity contribution < 1.29 is 0 Å². The van der Waals surface area contributed by atoms with E-state index in [1.165, 1.54) is 17.7 Å². The molecule has 0 aliphatic carbocycles. The number of aryl methyl sites for hydroxylation is 1. The summed E-state index contributed by atoms with van der Waals surface area (Å²) in [6, 6.07) is 6.89. The summed E-state index contributed by atoms with van der Waals surface area (Å²) >= 11 is 3.48. The summed E-state index contributed by atoms with van der Waals surface area (Å²) in [5, 5.41) is 3.57. The van der Waals surface area contributed by atoms with E-state index in [1.807, 2.05) is 0 Å². The summed E-state index contributed by atoms with van der Waals surface area (Å²) in [6.45, 7) is 8.90. The van der Waals surface area contributed by atoms with E-state index in [-0.39, 0.29) is 0 Å². The molecule has 0 aliphatic rings. The van der Waals surface area contributed by atoms with E-state index < -0.39 is 0 Å². The maximum Gasteiger partial charge on any atom is 0.0372 e. The normalized spacial score (nSPS) is 14.7. The minimum Gasteiger partial charge on any atom is -0.382 e. The fourth-order valence-corrected chi connectivity index (χ4v) is 2.01. The molecule has 0 saturated carbocycles. The predicted molar refractivity (Wildman–Crippen MR) is 71.4 cm³/mol. The van der Waals surface area contributed by atoms with Gasteiger partial charge in [-0.25, -0.2) is 0 Å². The van der Waals surface area contributed by atoms with Crippen LogP contribution >= 0.6 is 15.9 Å². The van der Waals surface area contributed by atoms with Gasteiger partial charge in [0, 0.05) is 16.2 Å². The highest BCUT2D eigenvalue weighted by Crippen LogP contribution is 2.22. The van der Waals surface area contributed by atoms with Crippen LogP contribution in [0.1, 0.15) is 32.8 Å². The Kier molecular flexibility index (Phi) is 4.65. The van der Waals surface area contributed by atoms with Gasteiger partial charge < -0.3 is 5.32 Å². The molecule has 0 radical (unpaired) electrons. The summed E-state index contributed by atoms with van der Waals surface area (Å²) in [5.41, 5.74) is 2.53. The van der Waals surface area contributed by atoms with Crippen molar-refractivity contribution in [3.8, 4) is 0 Å². The van der Waals surface area contributed by atoms with Gasteiger partial charge in [0.2, 0.25) is 0 Å². The van der Waals surface area contributed by atoms with Gasteiger partial charge in [0.1, 0.15) is 0 Å². The maximum atomic E-state index is 3.57. The maximum absolute atomic E-state index is 3.57. The minimum atomic E-state index is 0.523. The molecule has 1 rings (SSSR count). The van der Waals surface area contributed by atoms with E-state index in [0.717, 1.165) is 4.47 Å². The SMILES string of the molecule is CCC(C)C(C)Nc1ccc(Br)cc1C. The van der Waals surface area contributed by atoms with Crippen molar-refractivity contribution in [1.82, 2.24) is 0 Å². The third-order valence-corrected chi connectivity index (χ3v) is 3.56. The Labute approximate surface area is 101 Å². The van der Waals surface area contributed by atoms with Crippen LogP contribution in [0.4, 0.5) is 5.69 Å². The lowest BCUT2D eigenvalue weighted by molar-refractivity contribution is 0.494. The van der Waals surface area contributed by atoms with Crippen LogP contribution in [0.5, 0.6) is 0 Å². The standard InChI is InChI=1S/C13H20BrN/c1-5-9(2)11(4)15-13-7-6-12(14)8-10(13)3/h6-9,11,15H,5H2,1-4H3. The molecule has 0 aromatic heterocycles. The summed E-state index contributed by atoms with van der Waals surface area (Å²) in [4.78, 5) is 0. The predicted octanol–water partition coefficient (Wildman–Crippen LogP) is 4.60. The van der Waals surface area contributed by atoms with Crippen LogP contribution in [0, 0.1) is 12.8 Å². The van der Waals surface area contributed by atoms with Crippen LogP contribution in [-0.2, 0) is 0 Å². The molecule has 1 N–H and O–H groups in total. The number of nitrogens with one attached hydrogen (secondary N) is 1. The molecule has 2 heteroatoms. The summed E-state index contributed by atoms with van der Waals surface area (Å²) < 4.78 is 1.14. The Balaban J connectivity index is 2.72. The number of hydrogen-bond acceptors (Lipinski definition) is 1. The molecule has 2 atom stereocenters. The van der Waals surface area contributed by atoms with Crippen molar-refractivity contribution >= 4 is 21.6 Å². The van der Waals surface area contributed by atoms with Crippen LogP contribution in [0.25, 0.3) is 0 Å². The Hall–Kier alpha value is -0.500. The van der Waals surface area contributed by atoms with E-state index in [2.05, 4.69) is 67.1 Å². The van der Waals surface area contributed by atoms with Crippen LogP contribution in [0.15, 0.2) is 22.7 Å². The van der Waals surface area contributed by atoms with Crippen LogP contribution in [0.2, 0.25) is 0 Å². The lowest BCUT2D eigenvalue weighted by atomic mass is 10.0. The highest BCUT2D eigenvalue weighted by atomic mass is 79.9.